The summed E-state index contributed by atoms with van der Waals surface area (Å²) < 4.78 is 0. The molecule has 1 atom stereocenters. The molecule has 124 valence electrons. The molecule has 1 aliphatic rings. The van der Waals surface area contributed by atoms with Crippen LogP contribution in [0.5, 0.6) is 0 Å². The third-order valence-electron chi connectivity index (χ3n) is 4.23. The lowest BCUT2D eigenvalue weighted by molar-refractivity contribution is -0.121. The Morgan fingerprint density at radius 3 is 2.67 bits per heavy atom. The first-order chi connectivity index (χ1) is 11.6. The number of aromatic nitrogens is 2. The molecule has 7 heteroatoms. The monoisotopic (exact) mass is 326 g/mol. The first-order valence-corrected chi connectivity index (χ1v) is 7.70. The molecule has 3 rings (SSSR count). The number of carbonyl (C=O) groups is 2. The molecular formula is C17H18N4O3. The van der Waals surface area contributed by atoms with E-state index in [-0.39, 0.29) is 18.4 Å². The van der Waals surface area contributed by atoms with Crippen LogP contribution < -0.4 is 4.90 Å². The molecule has 1 aromatic heterocycles. The molecule has 0 bridgehead atoms. The number of hydrogen-bond acceptors (Lipinski definition) is 4. The Bertz CT molecular complexity index is 751. The summed E-state index contributed by atoms with van der Waals surface area (Å²) in [6, 6.07) is 11.5. The van der Waals surface area contributed by atoms with Gasteiger partial charge in [0.05, 0.1) is 12.1 Å². The van der Waals surface area contributed by atoms with Crippen molar-refractivity contribution in [3.05, 3.63) is 42.6 Å². The molecule has 1 N–H and O–H groups in total. The average molecular weight is 326 g/mol. The lowest BCUT2D eigenvalue weighted by atomic mass is 10.1. The normalized spacial score (nSPS) is 16.9. The van der Waals surface area contributed by atoms with Crippen molar-refractivity contribution in [3.63, 3.8) is 0 Å². The highest BCUT2D eigenvalue weighted by Crippen LogP contribution is 2.24. The number of benzene rings is 1. The summed E-state index contributed by atoms with van der Waals surface area (Å²) in [7, 11) is 1.64. The fourth-order valence-electron chi connectivity index (χ4n) is 2.83. The Hall–Kier alpha value is -2.96. The summed E-state index contributed by atoms with van der Waals surface area (Å²) in [5, 5.41) is 17.0. The highest BCUT2D eigenvalue weighted by atomic mass is 16.4. The summed E-state index contributed by atoms with van der Waals surface area (Å²) in [5.74, 6) is -0.0262. The molecule has 7 nitrogen and oxygen atoms in total. The van der Waals surface area contributed by atoms with Crippen molar-refractivity contribution in [2.45, 2.75) is 6.42 Å². The van der Waals surface area contributed by atoms with Gasteiger partial charge in [-0.15, -0.1) is 5.10 Å². The molecule has 1 saturated heterocycles. The van der Waals surface area contributed by atoms with Gasteiger partial charge < -0.3 is 10.0 Å². The Morgan fingerprint density at radius 2 is 2.00 bits per heavy atom. The Kier molecular flexibility index (Phi) is 4.41. The van der Waals surface area contributed by atoms with Crippen LogP contribution in [0.15, 0.2) is 42.6 Å². The maximum Gasteiger partial charge on any atom is 0.407 e. The smallest absolute Gasteiger partial charge is 0.407 e. The van der Waals surface area contributed by atoms with Gasteiger partial charge in [0.2, 0.25) is 5.91 Å². The van der Waals surface area contributed by atoms with Gasteiger partial charge in [0, 0.05) is 25.7 Å². The van der Waals surface area contributed by atoms with E-state index in [1.54, 1.807) is 13.2 Å². The van der Waals surface area contributed by atoms with E-state index in [1.165, 1.54) is 9.80 Å². The van der Waals surface area contributed by atoms with Crippen molar-refractivity contribution in [2.75, 3.05) is 25.0 Å². The minimum Gasteiger partial charge on any atom is -0.465 e. The molecule has 24 heavy (non-hydrogen) atoms. The standard InChI is InChI=1S/C17H18N4O3/c1-20(16(22)13-7-8-21(11-13)17(23)24)15-9-14(10-18-19-15)12-5-3-2-4-6-12/h2-6,9-10,13H,7-8,11H2,1H3,(H,23,24). The van der Waals surface area contributed by atoms with Gasteiger partial charge in [-0.2, -0.15) is 5.10 Å². The van der Waals surface area contributed by atoms with Gasteiger partial charge in [-0.3, -0.25) is 9.69 Å². The van der Waals surface area contributed by atoms with E-state index >= 15 is 0 Å². The minimum absolute atomic E-state index is 0.140. The zero-order chi connectivity index (χ0) is 17.1. The number of carbonyl (C=O) groups excluding carboxylic acids is 1. The van der Waals surface area contributed by atoms with Crippen LogP contribution in [0.2, 0.25) is 0 Å². The second-order valence-electron chi connectivity index (χ2n) is 5.78. The van der Waals surface area contributed by atoms with Crippen LogP contribution in [0, 0.1) is 5.92 Å². The largest absolute Gasteiger partial charge is 0.465 e. The van der Waals surface area contributed by atoms with E-state index in [9.17, 15) is 9.59 Å². The van der Waals surface area contributed by atoms with E-state index < -0.39 is 6.09 Å². The van der Waals surface area contributed by atoms with E-state index in [0.29, 0.717) is 18.8 Å². The van der Waals surface area contributed by atoms with Gasteiger partial charge in [0.25, 0.3) is 0 Å². The average Bonchev–Trinajstić information content (AvgIpc) is 3.12. The first kappa shape index (κ1) is 15.9. The van der Waals surface area contributed by atoms with Crippen molar-refractivity contribution in [2.24, 2.45) is 5.92 Å². The summed E-state index contributed by atoms with van der Waals surface area (Å²) in [6.07, 6.45) is 1.19. The summed E-state index contributed by atoms with van der Waals surface area (Å²) in [6.45, 7) is 0.611. The Morgan fingerprint density at radius 1 is 1.25 bits per heavy atom. The van der Waals surface area contributed by atoms with Crippen LogP contribution in [0.4, 0.5) is 10.6 Å². The number of rotatable bonds is 3. The lowest BCUT2D eigenvalue weighted by Crippen LogP contribution is -2.36. The number of hydrogen-bond donors (Lipinski definition) is 1. The van der Waals surface area contributed by atoms with Crippen molar-refractivity contribution < 1.29 is 14.7 Å². The van der Waals surface area contributed by atoms with Gasteiger partial charge in [-0.1, -0.05) is 30.3 Å². The van der Waals surface area contributed by atoms with E-state index in [1.807, 2.05) is 36.4 Å². The number of likely N-dealkylation sites (tertiary alicyclic amines) is 1. The van der Waals surface area contributed by atoms with Gasteiger partial charge in [-0.25, -0.2) is 4.79 Å². The Labute approximate surface area is 139 Å². The molecule has 2 heterocycles. The number of anilines is 1. The molecule has 0 spiro atoms. The number of nitrogens with zero attached hydrogens (tertiary/aromatic N) is 4. The number of carboxylic acid groups (broad SMARTS) is 1. The van der Waals surface area contributed by atoms with E-state index in [2.05, 4.69) is 10.2 Å². The zero-order valence-corrected chi connectivity index (χ0v) is 13.3. The van der Waals surface area contributed by atoms with Crippen LogP contribution in [-0.4, -0.2) is 52.3 Å². The van der Waals surface area contributed by atoms with Crippen LogP contribution in [-0.2, 0) is 4.79 Å². The molecule has 0 radical (unpaired) electrons. The topological polar surface area (TPSA) is 86.6 Å². The molecule has 0 aliphatic carbocycles. The SMILES string of the molecule is CN(C(=O)C1CCN(C(=O)O)C1)c1cc(-c2ccccc2)cnn1. The first-order valence-electron chi connectivity index (χ1n) is 7.70. The molecular weight excluding hydrogens is 308 g/mol. The predicted octanol–water partition coefficient (Wildman–Crippen LogP) is 2.11. The van der Waals surface area contributed by atoms with Gasteiger partial charge >= 0.3 is 6.09 Å². The zero-order valence-electron chi connectivity index (χ0n) is 13.3. The van der Waals surface area contributed by atoms with Gasteiger partial charge in [-0.05, 0) is 18.1 Å². The van der Waals surface area contributed by atoms with Crippen molar-refractivity contribution in [3.8, 4) is 11.1 Å². The van der Waals surface area contributed by atoms with Crippen molar-refractivity contribution in [1.29, 1.82) is 0 Å². The maximum absolute atomic E-state index is 12.6. The maximum atomic E-state index is 12.6. The second kappa shape index (κ2) is 6.66. The second-order valence-corrected chi connectivity index (χ2v) is 5.78. The fourth-order valence-corrected chi connectivity index (χ4v) is 2.83. The van der Waals surface area contributed by atoms with Crippen LogP contribution in [0.3, 0.4) is 0 Å². The van der Waals surface area contributed by atoms with Gasteiger partial charge in [0.15, 0.2) is 5.82 Å². The van der Waals surface area contributed by atoms with Gasteiger partial charge in [0.1, 0.15) is 0 Å². The molecule has 1 aliphatic heterocycles. The van der Waals surface area contributed by atoms with Crippen molar-refractivity contribution >= 4 is 17.8 Å². The predicted molar refractivity (Wildman–Crippen MR) is 88.6 cm³/mol. The van der Waals surface area contributed by atoms with E-state index in [0.717, 1.165) is 11.1 Å². The summed E-state index contributed by atoms with van der Waals surface area (Å²) in [4.78, 5) is 26.3. The number of amides is 2. The van der Waals surface area contributed by atoms with Crippen LogP contribution in [0.25, 0.3) is 11.1 Å². The quantitative estimate of drug-likeness (QED) is 0.933. The van der Waals surface area contributed by atoms with E-state index in [4.69, 9.17) is 5.11 Å². The Balaban J connectivity index is 1.77. The summed E-state index contributed by atoms with van der Waals surface area (Å²) in [5.41, 5.74) is 1.87. The minimum atomic E-state index is -0.987. The highest BCUT2D eigenvalue weighted by molar-refractivity contribution is 5.94. The molecule has 2 amide bonds. The lowest BCUT2D eigenvalue weighted by Gasteiger charge is -2.20. The van der Waals surface area contributed by atoms with Crippen LogP contribution >= 0.6 is 0 Å². The molecule has 1 unspecified atom stereocenters. The molecule has 0 saturated carbocycles. The molecule has 2 aromatic rings. The third-order valence-corrected chi connectivity index (χ3v) is 4.23. The van der Waals surface area contributed by atoms with Crippen molar-refractivity contribution in [1.82, 2.24) is 15.1 Å². The molecule has 1 fully saturated rings. The molecule has 1 aromatic carbocycles. The third kappa shape index (κ3) is 3.19. The fraction of sp³-hybridized carbons (Fsp3) is 0.294. The van der Waals surface area contributed by atoms with Crippen LogP contribution in [0.1, 0.15) is 6.42 Å². The summed E-state index contributed by atoms with van der Waals surface area (Å²) >= 11 is 0. The highest BCUT2D eigenvalue weighted by Gasteiger charge is 2.33.